The molecule has 4 saturated carbocycles. The second-order valence-corrected chi connectivity index (χ2v) is 14.8. The van der Waals surface area contributed by atoms with Gasteiger partial charge in [-0.3, -0.25) is 9.35 Å². The zero-order chi connectivity index (χ0) is 41.5. The van der Waals surface area contributed by atoms with Crippen molar-refractivity contribution in [1.82, 2.24) is 0 Å². The molecule has 4 unspecified atom stereocenters. The molecule has 0 amide bonds. The largest absolute Gasteiger partial charge is 0.461 e. The summed E-state index contributed by atoms with van der Waals surface area (Å²) in [6, 6.07) is 0. The Morgan fingerprint density at radius 3 is 1.56 bits per heavy atom. The van der Waals surface area contributed by atoms with Gasteiger partial charge in [0.1, 0.15) is 12.7 Å². The Kier molecular flexibility index (Phi) is 10.9. The molecule has 1 N–H and O–H groups in total. The van der Waals surface area contributed by atoms with Crippen LogP contribution in [0.5, 0.6) is 0 Å². The summed E-state index contributed by atoms with van der Waals surface area (Å²) in [6.45, 7) is -6.76. The lowest BCUT2D eigenvalue weighted by molar-refractivity contribution is -0.398. The lowest BCUT2D eigenvalue weighted by Crippen LogP contribution is -2.68. The van der Waals surface area contributed by atoms with E-state index in [4.69, 9.17) is 14.0 Å². The third-order valence-corrected chi connectivity index (χ3v) is 10.6. The van der Waals surface area contributed by atoms with E-state index in [1.54, 1.807) is 0 Å². The highest BCUT2D eigenvalue weighted by molar-refractivity contribution is 7.86. The van der Waals surface area contributed by atoms with Crippen LogP contribution in [-0.2, 0) is 48.2 Å². The maximum Gasteiger partial charge on any atom is 0.460 e. The second-order valence-electron chi connectivity index (χ2n) is 13.3. The molecule has 5 fully saturated rings. The molecule has 4 bridgehead atoms. The molecule has 11 nitrogen and oxygen atoms in total. The molecule has 28 heteroatoms. The van der Waals surface area contributed by atoms with E-state index in [0.29, 0.717) is 0 Å². The minimum atomic E-state index is -7.05. The fourth-order valence-corrected chi connectivity index (χ4v) is 7.36. The molecule has 1 spiro atoms. The summed E-state index contributed by atoms with van der Waals surface area (Å²) in [7, 11) is -6.05. The smallest absolute Gasteiger partial charge is 0.460 e. The normalized spacial score (nSPS) is 31.0. The molecule has 0 aromatic carbocycles. The molecule has 5 rings (SSSR count). The van der Waals surface area contributed by atoms with Gasteiger partial charge in [0.25, 0.3) is 0 Å². The fourth-order valence-electron chi connectivity index (χ4n) is 7.15. The molecule has 1 heterocycles. The van der Waals surface area contributed by atoms with Crippen molar-refractivity contribution in [1.29, 1.82) is 0 Å². The van der Waals surface area contributed by atoms with Crippen LogP contribution in [0.1, 0.15) is 32.1 Å². The summed E-state index contributed by atoms with van der Waals surface area (Å²) < 4.78 is 266. The van der Waals surface area contributed by atoms with Crippen LogP contribution in [0.4, 0.5) is 70.2 Å². The Morgan fingerprint density at radius 2 is 1.13 bits per heavy atom. The van der Waals surface area contributed by atoms with Crippen LogP contribution in [0.25, 0.3) is 0 Å². The second kappa shape index (κ2) is 13.4. The molecular formula is C26H24F16O11S. The predicted molar refractivity (Wildman–Crippen MR) is 134 cm³/mol. The van der Waals surface area contributed by atoms with Crippen LogP contribution in [0.2, 0.25) is 0 Å². The van der Waals surface area contributed by atoms with Crippen LogP contribution < -0.4 is 0 Å². The van der Waals surface area contributed by atoms with Crippen molar-refractivity contribution in [2.45, 2.75) is 85.3 Å². The van der Waals surface area contributed by atoms with Crippen molar-refractivity contribution < 1.29 is 121 Å². The maximum atomic E-state index is 14.0. The highest BCUT2D eigenvalue weighted by Crippen LogP contribution is 2.66. The quantitative estimate of drug-likeness (QED) is 0.118. The summed E-state index contributed by atoms with van der Waals surface area (Å²) in [5, 5.41) is -4.95. The summed E-state index contributed by atoms with van der Waals surface area (Å²) in [6.07, 6.45) is -17.2. The summed E-state index contributed by atoms with van der Waals surface area (Å²) in [4.78, 5) is 36.6. The van der Waals surface area contributed by atoms with Gasteiger partial charge in [0, 0.05) is 17.8 Å². The molecule has 312 valence electrons. The van der Waals surface area contributed by atoms with E-state index in [2.05, 4.69) is 14.2 Å². The molecular weight excluding hydrogens is 824 g/mol. The van der Waals surface area contributed by atoms with Gasteiger partial charge in [0.15, 0.2) is 12.4 Å². The van der Waals surface area contributed by atoms with E-state index in [1.807, 2.05) is 0 Å². The van der Waals surface area contributed by atoms with Gasteiger partial charge in [-0.25, -0.2) is 9.59 Å². The van der Waals surface area contributed by atoms with Gasteiger partial charge in [-0.1, -0.05) is 0 Å². The number of carbonyl (C=O) groups is 3. The number of halogens is 16. The third kappa shape index (κ3) is 7.15. The number of rotatable bonds is 12. The summed E-state index contributed by atoms with van der Waals surface area (Å²) >= 11 is 0. The fraction of sp³-hybridized carbons (Fsp3) is 0.885. The van der Waals surface area contributed by atoms with E-state index in [-0.39, 0.29) is 19.3 Å². The number of esters is 3. The summed E-state index contributed by atoms with van der Waals surface area (Å²) in [5.74, 6) is -42.6. The Morgan fingerprint density at radius 1 is 0.685 bits per heavy atom. The molecule has 0 aromatic heterocycles. The Balaban J connectivity index is 1.59. The number of ether oxygens (including phenoxy) is 5. The van der Waals surface area contributed by atoms with Gasteiger partial charge in [-0.2, -0.15) is 78.7 Å². The molecule has 0 radical (unpaired) electrons. The monoisotopic (exact) mass is 848 g/mol. The molecule has 5 aliphatic rings. The number of carbonyl (C=O) groups excluding carboxylic acids is 3. The van der Waals surface area contributed by atoms with Crippen molar-refractivity contribution in [2.24, 2.45) is 29.1 Å². The van der Waals surface area contributed by atoms with E-state index in [9.17, 15) is 93.0 Å². The first-order chi connectivity index (χ1) is 24.1. The molecule has 0 aromatic rings. The molecule has 54 heavy (non-hydrogen) atoms. The highest BCUT2D eigenvalue weighted by atomic mass is 32.2. The van der Waals surface area contributed by atoms with Crippen molar-refractivity contribution in [3.63, 3.8) is 0 Å². The lowest BCUT2D eigenvalue weighted by atomic mass is 9.47. The van der Waals surface area contributed by atoms with Crippen molar-refractivity contribution >= 4 is 28.0 Å². The molecule has 1 saturated heterocycles. The zero-order valence-corrected chi connectivity index (χ0v) is 27.1. The van der Waals surface area contributed by atoms with Crippen molar-refractivity contribution in [3.8, 4) is 0 Å². The average Bonchev–Trinajstić information content (AvgIpc) is 3.02. The number of alkyl halides is 16. The van der Waals surface area contributed by atoms with Gasteiger partial charge in [0.05, 0.1) is 18.6 Å². The number of hydrogen-bond acceptors (Lipinski definition) is 10. The average molecular weight is 849 g/mol. The van der Waals surface area contributed by atoms with E-state index in [0.717, 1.165) is 0 Å². The molecule has 4 atom stereocenters. The topological polar surface area (TPSA) is 152 Å². The molecule has 1 aliphatic heterocycles. The Bertz CT molecular complexity index is 1580. The first-order valence-corrected chi connectivity index (χ1v) is 16.4. The third-order valence-electron chi connectivity index (χ3n) is 9.71. The van der Waals surface area contributed by atoms with Gasteiger partial charge >= 0.3 is 69.3 Å². The van der Waals surface area contributed by atoms with Crippen LogP contribution in [0.3, 0.4) is 0 Å². The van der Waals surface area contributed by atoms with Gasteiger partial charge in [-0.05, 0) is 38.0 Å². The minimum absolute atomic E-state index is 0.00743. The Hall–Kier alpha value is -2.88. The van der Waals surface area contributed by atoms with Crippen molar-refractivity contribution in [2.75, 3.05) is 26.4 Å². The number of hydrogen-bond donors (Lipinski definition) is 1. The van der Waals surface area contributed by atoms with Crippen LogP contribution in [0, 0.1) is 29.1 Å². The Labute approximate surface area is 290 Å². The van der Waals surface area contributed by atoms with Crippen LogP contribution in [-0.4, -0.2) is 110 Å². The van der Waals surface area contributed by atoms with Crippen molar-refractivity contribution in [3.05, 3.63) is 0 Å². The van der Waals surface area contributed by atoms with E-state index >= 15 is 0 Å². The lowest BCUT2D eigenvalue weighted by Gasteiger charge is -2.65. The predicted octanol–water partition coefficient (Wildman–Crippen LogP) is 5.32. The first kappa shape index (κ1) is 43.8. The van der Waals surface area contributed by atoms with Gasteiger partial charge in [-0.15, -0.1) is 0 Å². The minimum Gasteiger partial charge on any atom is -0.461 e. The van der Waals surface area contributed by atoms with Gasteiger partial charge < -0.3 is 23.7 Å². The van der Waals surface area contributed by atoms with Gasteiger partial charge in [0.2, 0.25) is 0 Å². The molecule has 4 aliphatic carbocycles. The first-order valence-electron chi connectivity index (χ1n) is 14.9. The SMILES string of the molecule is O=C(OCC(F)(F)S(=O)(=O)O)C12CC3CC(C1)C1(OCC(COC(=O)C(F)(F)C(F)(F)C(F)(F)F)C(COC(=O)C(F)(F)C(F)(F)C(F)(F)F)O1)C(C3)C2. The standard InChI is InChI=1S/C26H24F16O11S/c27-19(28,54(46,47)48)9-51-15(43)18-3-10-1-12(4-18)20(13(2-10)5-18)52-7-11(6-49-16(44)21(29,30)23(33,34)25(37,38)39)14(53-20)8-50-17(45)22(31,32)24(35,36)26(40,41)42/h10-14H,1-9H2,(H,46,47,48). The van der Waals surface area contributed by atoms with E-state index in [1.165, 1.54) is 0 Å². The maximum absolute atomic E-state index is 14.0. The van der Waals surface area contributed by atoms with Crippen LogP contribution >= 0.6 is 0 Å². The summed E-state index contributed by atoms with van der Waals surface area (Å²) in [5.41, 5.74) is -1.68. The van der Waals surface area contributed by atoms with E-state index < -0.39 is 150 Å². The zero-order valence-electron chi connectivity index (χ0n) is 26.2. The highest BCUT2D eigenvalue weighted by Gasteiger charge is 2.78. The van der Waals surface area contributed by atoms with Crippen LogP contribution in [0.15, 0.2) is 0 Å².